The van der Waals surface area contributed by atoms with Crippen LogP contribution in [0.3, 0.4) is 0 Å². The fraction of sp³-hybridized carbons (Fsp3) is 0.625. The number of nitrogens with one attached hydrogen (secondary N) is 1. The molecule has 2 aromatic rings. The lowest BCUT2D eigenvalue weighted by atomic mass is 10.1. The fourth-order valence-electron chi connectivity index (χ4n) is 2.41. The molecule has 116 valence electrons. The third kappa shape index (κ3) is 4.17. The molecule has 0 saturated carbocycles. The second kappa shape index (κ2) is 7.41. The molecule has 0 fully saturated rings. The number of hydrogen-bond acceptors (Lipinski definition) is 4. The highest BCUT2D eigenvalue weighted by Crippen LogP contribution is 2.19. The monoisotopic (exact) mass is 290 g/mol. The first-order valence-electron chi connectivity index (χ1n) is 7.85. The van der Waals surface area contributed by atoms with Crippen molar-refractivity contribution in [1.29, 1.82) is 0 Å². The second-order valence-electron chi connectivity index (χ2n) is 5.72. The summed E-state index contributed by atoms with van der Waals surface area (Å²) in [4.78, 5) is 4.42. The predicted molar refractivity (Wildman–Crippen MR) is 83.2 cm³/mol. The van der Waals surface area contributed by atoms with Gasteiger partial charge in [-0.15, -0.1) is 0 Å². The molecule has 0 bridgehead atoms. The first-order valence-corrected chi connectivity index (χ1v) is 7.85. The predicted octanol–water partition coefficient (Wildman–Crippen LogP) is 3.49. The van der Waals surface area contributed by atoms with Crippen molar-refractivity contribution in [2.24, 2.45) is 0 Å². The summed E-state index contributed by atoms with van der Waals surface area (Å²) in [6.07, 6.45) is 6.58. The maximum atomic E-state index is 5.24. The molecule has 2 rings (SSSR count). The molecule has 0 saturated heterocycles. The lowest BCUT2D eigenvalue weighted by Gasteiger charge is -2.15. The Bertz CT molecular complexity index is 538. The van der Waals surface area contributed by atoms with Crippen LogP contribution in [0.4, 0.5) is 0 Å². The van der Waals surface area contributed by atoms with Crippen LogP contribution in [0.5, 0.6) is 0 Å². The topological polar surface area (TPSA) is 55.9 Å². The Morgan fingerprint density at radius 3 is 2.76 bits per heavy atom. The minimum Gasteiger partial charge on any atom is -0.346 e. The molecule has 0 spiro atoms. The minimum absolute atomic E-state index is 0.272. The van der Waals surface area contributed by atoms with E-state index in [1.807, 2.05) is 0 Å². The molecule has 5 nitrogen and oxygen atoms in total. The number of rotatable bonds is 8. The van der Waals surface area contributed by atoms with Gasteiger partial charge >= 0.3 is 0 Å². The normalized spacial score (nSPS) is 13.0. The van der Waals surface area contributed by atoms with Crippen LogP contribution < -0.4 is 5.32 Å². The SMILES string of the molecule is CCCC(NCC)c1ccn(Cc2noc(C(C)C)n2)c1. The van der Waals surface area contributed by atoms with Crippen molar-refractivity contribution in [2.75, 3.05) is 6.54 Å². The summed E-state index contributed by atoms with van der Waals surface area (Å²) >= 11 is 0. The molecule has 1 atom stereocenters. The lowest BCUT2D eigenvalue weighted by molar-refractivity contribution is 0.360. The highest BCUT2D eigenvalue weighted by Gasteiger charge is 2.13. The van der Waals surface area contributed by atoms with E-state index < -0.39 is 0 Å². The summed E-state index contributed by atoms with van der Waals surface area (Å²) in [5, 5.41) is 7.57. The molecule has 0 amide bonds. The van der Waals surface area contributed by atoms with Gasteiger partial charge in [0.05, 0.1) is 6.54 Å². The minimum atomic E-state index is 0.272. The fourth-order valence-corrected chi connectivity index (χ4v) is 2.41. The van der Waals surface area contributed by atoms with Gasteiger partial charge in [0, 0.05) is 24.4 Å². The molecule has 1 N–H and O–H groups in total. The first kappa shape index (κ1) is 15.8. The van der Waals surface area contributed by atoms with Gasteiger partial charge in [0.2, 0.25) is 5.89 Å². The average molecular weight is 290 g/mol. The van der Waals surface area contributed by atoms with E-state index in [9.17, 15) is 0 Å². The summed E-state index contributed by atoms with van der Waals surface area (Å²) < 4.78 is 7.36. The third-order valence-corrected chi connectivity index (χ3v) is 3.51. The van der Waals surface area contributed by atoms with Crippen LogP contribution in [0.2, 0.25) is 0 Å². The molecule has 1 unspecified atom stereocenters. The van der Waals surface area contributed by atoms with Gasteiger partial charge in [-0.3, -0.25) is 0 Å². The van der Waals surface area contributed by atoms with E-state index in [0.717, 1.165) is 18.8 Å². The molecule has 0 aliphatic rings. The zero-order valence-corrected chi connectivity index (χ0v) is 13.5. The van der Waals surface area contributed by atoms with Gasteiger partial charge in [0.15, 0.2) is 5.82 Å². The second-order valence-corrected chi connectivity index (χ2v) is 5.72. The molecule has 2 heterocycles. The van der Waals surface area contributed by atoms with E-state index in [1.165, 1.54) is 12.0 Å². The summed E-state index contributed by atoms with van der Waals surface area (Å²) in [5.41, 5.74) is 1.33. The van der Waals surface area contributed by atoms with Gasteiger partial charge in [-0.2, -0.15) is 4.98 Å². The highest BCUT2D eigenvalue weighted by molar-refractivity contribution is 5.16. The molecule has 0 aliphatic carbocycles. The van der Waals surface area contributed by atoms with E-state index in [-0.39, 0.29) is 5.92 Å². The van der Waals surface area contributed by atoms with Gasteiger partial charge in [-0.05, 0) is 24.6 Å². The zero-order chi connectivity index (χ0) is 15.2. The van der Waals surface area contributed by atoms with Crippen molar-refractivity contribution < 1.29 is 4.52 Å². The smallest absolute Gasteiger partial charge is 0.229 e. The Morgan fingerprint density at radius 2 is 2.14 bits per heavy atom. The first-order chi connectivity index (χ1) is 10.1. The van der Waals surface area contributed by atoms with Crippen LogP contribution >= 0.6 is 0 Å². The van der Waals surface area contributed by atoms with Gasteiger partial charge in [-0.1, -0.05) is 39.3 Å². The van der Waals surface area contributed by atoms with Gasteiger partial charge in [0.1, 0.15) is 0 Å². The van der Waals surface area contributed by atoms with E-state index in [0.29, 0.717) is 18.5 Å². The van der Waals surface area contributed by atoms with E-state index in [4.69, 9.17) is 4.52 Å². The van der Waals surface area contributed by atoms with Crippen molar-refractivity contribution in [3.05, 3.63) is 35.7 Å². The molecule has 0 radical (unpaired) electrons. The van der Waals surface area contributed by atoms with Crippen molar-refractivity contribution >= 4 is 0 Å². The quantitative estimate of drug-likeness (QED) is 0.808. The molecule has 2 aromatic heterocycles. The number of nitrogens with zero attached hydrogens (tertiary/aromatic N) is 3. The Kier molecular flexibility index (Phi) is 5.56. The average Bonchev–Trinajstić information content (AvgIpc) is 3.08. The standard InChI is InChI=1S/C16H26N4O/c1-5-7-14(17-6-2)13-8-9-20(10-13)11-15-18-16(12(3)4)21-19-15/h8-10,12,14,17H,5-7,11H2,1-4H3. The molecular weight excluding hydrogens is 264 g/mol. The van der Waals surface area contributed by atoms with Crippen LogP contribution in [0.1, 0.15) is 69.8 Å². The van der Waals surface area contributed by atoms with Gasteiger partial charge in [-0.25, -0.2) is 0 Å². The Labute approximate surface area is 126 Å². The van der Waals surface area contributed by atoms with Gasteiger partial charge < -0.3 is 14.4 Å². The van der Waals surface area contributed by atoms with Crippen LogP contribution in [-0.2, 0) is 6.54 Å². The van der Waals surface area contributed by atoms with E-state index in [1.54, 1.807) is 0 Å². The zero-order valence-electron chi connectivity index (χ0n) is 13.5. The van der Waals surface area contributed by atoms with Crippen molar-refractivity contribution in [3.8, 4) is 0 Å². The maximum Gasteiger partial charge on any atom is 0.229 e. The van der Waals surface area contributed by atoms with Crippen LogP contribution in [0, 0.1) is 0 Å². The summed E-state index contributed by atoms with van der Waals surface area (Å²) in [7, 11) is 0. The van der Waals surface area contributed by atoms with Gasteiger partial charge in [0.25, 0.3) is 0 Å². The lowest BCUT2D eigenvalue weighted by Crippen LogP contribution is -2.20. The number of hydrogen-bond donors (Lipinski definition) is 1. The van der Waals surface area contributed by atoms with Crippen LogP contribution in [0.15, 0.2) is 23.0 Å². The Balaban J connectivity index is 2.04. The van der Waals surface area contributed by atoms with Crippen molar-refractivity contribution in [2.45, 2.75) is 59.0 Å². The highest BCUT2D eigenvalue weighted by atomic mass is 16.5. The van der Waals surface area contributed by atoms with E-state index in [2.05, 4.69) is 66.2 Å². The molecule has 21 heavy (non-hydrogen) atoms. The summed E-state index contributed by atoms with van der Waals surface area (Å²) in [6, 6.07) is 2.60. The van der Waals surface area contributed by atoms with E-state index >= 15 is 0 Å². The van der Waals surface area contributed by atoms with Crippen LogP contribution in [0.25, 0.3) is 0 Å². The molecule has 5 heteroatoms. The Hall–Kier alpha value is -1.62. The number of aromatic nitrogens is 3. The summed E-state index contributed by atoms with van der Waals surface area (Å²) in [5.74, 6) is 1.71. The van der Waals surface area contributed by atoms with Crippen LogP contribution in [-0.4, -0.2) is 21.3 Å². The molecule has 0 aliphatic heterocycles. The third-order valence-electron chi connectivity index (χ3n) is 3.51. The maximum absolute atomic E-state index is 5.24. The molecular formula is C16H26N4O. The molecule has 0 aromatic carbocycles. The Morgan fingerprint density at radius 1 is 1.33 bits per heavy atom. The summed E-state index contributed by atoms with van der Waals surface area (Å²) in [6.45, 7) is 10.1. The van der Waals surface area contributed by atoms with Crippen molar-refractivity contribution in [3.63, 3.8) is 0 Å². The van der Waals surface area contributed by atoms with Crippen molar-refractivity contribution in [1.82, 2.24) is 20.0 Å². The largest absolute Gasteiger partial charge is 0.346 e.